The molecule has 2 rings (SSSR count). The first-order valence-electron chi connectivity index (χ1n) is 4.99. The van der Waals surface area contributed by atoms with Gasteiger partial charge in [-0.25, -0.2) is 0 Å². The van der Waals surface area contributed by atoms with Crippen molar-refractivity contribution in [2.45, 2.75) is 6.42 Å². The zero-order valence-corrected chi connectivity index (χ0v) is 9.59. The molecule has 0 bridgehead atoms. The highest BCUT2D eigenvalue weighted by Crippen LogP contribution is 2.24. The molecule has 0 aliphatic rings. The Morgan fingerprint density at radius 3 is 2.76 bits per heavy atom. The van der Waals surface area contributed by atoms with Gasteiger partial charge in [0.05, 0.1) is 4.92 Å². The fourth-order valence-corrected chi connectivity index (χ4v) is 1.72. The number of nitro groups is 1. The van der Waals surface area contributed by atoms with Gasteiger partial charge in [-0.05, 0) is 18.2 Å². The molecule has 0 amide bonds. The van der Waals surface area contributed by atoms with Gasteiger partial charge < -0.3 is 0 Å². The van der Waals surface area contributed by atoms with Crippen LogP contribution >= 0.6 is 11.6 Å². The minimum atomic E-state index is -0.426. The van der Waals surface area contributed by atoms with E-state index in [1.165, 1.54) is 6.07 Å². The summed E-state index contributed by atoms with van der Waals surface area (Å²) in [6.45, 7) is 0. The molecule has 0 saturated heterocycles. The molecule has 5 heteroatoms. The number of hydrogen-bond donors (Lipinski definition) is 0. The quantitative estimate of drug-likeness (QED) is 0.619. The van der Waals surface area contributed by atoms with Crippen LogP contribution < -0.4 is 0 Å². The molecular formula is C12H9ClN2O2. The highest BCUT2D eigenvalue weighted by Gasteiger charge is 2.14. The van der Waals surface area contributed by atoms with Crippen molar-refractivity contribution in [1.29, 1.82) is 0 Å². The monoisotopic (exact) mass is 248 g/mol. The van der Waals surface area contributed by atoms with Crippen molar-refractivity contribution in [3.05, 3.63) is 69.0 Å². The number of halogens is 1. The molecule has 0 spiro atoms. The van der Waals surface area contributed by atoms with Crippen LogP contribution in [0.1, 0.15) is 11.3 Å². The number of nitrogens with zero attached hydrogens (tertiary/aromatic N) is 2. The van der Waals surface area contributed by atoms with Crippen LogP contribution in [0.3, 0.4) is 0 Å². The van der Waals surface area contributed by atoms with Gasteiger partial charge in [0.1, 0.15) is 0 Å². The largest absolute Gasteiger partial charge is 0.274 e. The van der Waals surface area contributed by atoms with E-state index >= 15 is 0 Å². The Balaban J connectivity index is 2.36. The smallest absolute Gasteiger partial charge is 0.261 e. The number of rotatable bonds is 3. The van der Waals surface area contributed by atoms with Crippen LogP contribution in [-0.2, 0) is 6.42 Å². The summed E-state index contributed by atoms with van der Waals surface area (Å²) >= 11 is 5.74. The van der Waals surface area contributed by atoms with Crippen LogP contribution in [0, 0.1) is 10.1 Å². The molecule has 86 valence electrons. The summed E-state index contributed by atoms with van der Waals surface area (Å²) in [5.41, 5.74) is 1.43. The van der Waals surface area contributed by atoms with Crippen LogP contribution in [0.25, 0.3) is 0 Å². The molecule has 1 aromatic carbocycles. The Hall–Kier alpha value is -1.94. The van der Waals surface area contributed by atoms with E-state index in [9.17, 15) is 10.1 Å². The second-order valence-electron chi connectivity index (χ2n) is 3.53. The van der Waals surface area contributed by atoms with Gasteiger partial charge in [0.25, 0.3) is 5.69 Å². The van der Waals surface area contributed by atoms with E-state index in [-0.39, 0.29) is 5.69 Å². The first-order chi connectivity index (χ1) is 8.16. The number of benzene rings is 1. The first kappa shape index (κ1) is 11.5. The number of nitro benzene ring substituents is 1. The van der Waals surface area contributed by atoms with E-state index in [0.29, 0.717) is 17.0 Å². The Morgan fingerprint density at radius 1 is 1.29 bits per heavy atom. The average molecular weight is 249 g/mol. The van der Waals surface area contributed by atoms with E-state index in [2.05, 4.69) is 4.98 Å². The summed E-state index contributed by atoms with van der Waals surface area (Å²) in [6, 6.07) is 10.2. The molecule has 17 heavy (non-hydrogen) atoms. The summed E-state index contributed by atoms with van der Waals surface area (Å²) in [5.74, 6) is 0. The Labute approximate surface area is 103 Å². The van der Waals surface area contributed by atoms with E-state index in [0.717, 1.165) is 5.69 Å². The number of aromatic nitrogens is 1. The van der Waals surface area contributed by atoms with Gasteiger partial charge >= 0.3 is 0 Å². The van der Waals surface area contributed by atoms with Crippen LogP contribution in [0.4, 0.5) is 5.69 Å². The Bertz CT molecular complexity index is 543. The standard InChI is InChI=1S/C12H9ClN2O2/c13-10-5-4-9(12(8-10)15(16)17)7-11-3-1-2-6-14-11/h1-6,8H,7H2. The lowest BCUT2D eigenvalue weighted by Gasteiger charge is -2.03. The molecule has 0 fully saturated rings. The van der Waals surface area contributed by atoms with Crippen LogP contribution in [0.5, 0.6) is 0 Å². The third-order valence-corrected chi connectivity index (χ3v) is 2.58. The van der Waals surface area contributed by atoms with Crippen molar-refractivity contribution in [2.75, 3.05) is 0 Å². The summed E-state index contributed by atoms with van der Waals surface area (Å²) in [4.78, 5) is 14.6. The highest BCUT2D eigenvalue weighted by atomic mass is 35.5. The molecule has 1 aromatic heterocycles. The van der Waals surface area contributed by atoms with Gasteiger partial charge in [-0.15, -0.1) is 0 Å². The third-order valence-electron chi connectivity index (χ3n) is 2.34. The number of hydrogen-bond acceptors (Lipinski definition) is 3. The SMILES string of the molecule is O=[N+]([O-])c1cc(Cl)ccc1Cc1ccccn1. The molecule has 4 nitrogen and oxygen atoms in total. The molecule has 0 saturated carbocycles. The van der Waals surface area contributed by atoms with Crippen molar-refractivity contribution < 1.29 is 4.92 Å². The van der Waals surface area contributed by atoms with Crippen LogP contribution in [0.15, 0.2) is 42.6 Å². The molecule has 0 atom stereocenters. The van der Waals surface area contributed by atoms with E-state index in [1.54, 1.807) is 24.4 Å². The Kier molecular flexibility index (Phi) is 3.35. The Morgan fingerprint density at radius 2 is 2.12 bits per heavy atom. The minimum Gasteiger partial charge on any atom is -0.261 e. The van der Waals surface area contributed by atoms with E-state index in [4.69, 9.17) is 11.6 Å². The van der Waals surface area contributed by atoms with Crippen molar-refractivity contribution in [1.82, 2.24) is 4.98 Å². The second kappa shape index (κ2) is 4.93. The van der Waals surface area contributed by atoms with Crippen molar-refractivity contribution in [3.8, 4) is 0 Å². The van der Waals surface area contributed by atoms with Gasteiger partial charge in [-0.1, -0.05) is 23.7 Å². The molecule has 0 aliphatic carbocycles. The summed E-state index contributed by atoms with van der Waals surface area (Å²) in [6.07, 6.45) is 2.09. The predicted octanol–water partition coefficient (Wildman–Crippen LogP) is 3.23. The highest BCUT2D eigenvalue weighted by molar-refractivity contribution is 6.30. The third kappa shape index (κ3) is 2.79. The van der Waals surface area contributed by atoms with Gasteiger partial charge in [0.15, 0.2) is 0 Å². The predicted molar refractivity (Wildman–Crippen MR) is 65.1 cm³/mol. The summed E-state index contributed by atoms with van der Waals surface area (Å²) in [5, 5.41) is 11.3. The zero-order valence-electron chi connectivity index (χ0n) is 8.84. The van der Waals surface area contributed by atoms with Gasteiger partial charge in [-0.3, -0.25) is 15.1 Å². The van der Waals surface area contributed by atoms with E-state index in [1.807, 2.05) is 12.1 Å². The first-order valence-corrected chi connectivity index (χ1v) is 5.37. The summed E-state index contributed by atoms with van der Waals surface area (Å²) < 4.78 is 0. The topological polar surface area (TPSA) is 56.0 Å². The summed E-state index contributed by atoms with van der Waals surface area (Å²) in [7, 11) is 0. The lowest BCUT2D eigenvalue weighted by atomic mass is 10.1. The maximum Gasteiger partial charge on any atom is 0.274 e. The van der Waals surface area contributed by atoms with E-state index < -0.39 is 4.92 Å². The zero-order chi connectivity index (χ0) is 12.3. The maximum atomic E-state index is 10.9. The van der Waals surface area contributed by atoms with Gasteiger partial charge in [-0.2, -0.15) is 0 Å². The minimum absolute atomic E-state index is 0.0307. The maximum absolute atomic E-state index is 10.9. The molecule has 0 unspecified atom stereocenters. The molecule has 0 N–H and O–H groups in total. The molecular weight excluding hydrogens is 240 g/mol. The molecule has 2 aromatic rings. The van der Waals surface area contributed by atoms with Crippen molar-refractivity contribution >= 4 is 17.3 Å². The van der Waals surface area contributed by atoms with Crippen molar-refractivity contribution in [3.63, 3.8) is 0 Å². The average Bonchev–Trinajstić information content (AvgIpc) is 2.32. The molecule has 1 heterocycles. The number of pyridine rings is 1. The van der Waals surface area contributed by atoms with Crippen LogP contribution in [0.2, 0.25) is 5.02 Å². The van der Waals surface area contributed by atoms with Gasteiger partial charge in [0, 0.05) is 35.0 Å². The van der Waals surface area contributed by atoms with Crippen molar-refractivity contribution in [2.24, 2.45) is 0 Å². The molecule has 0 radical (unpaired) electrons. The van der Waals surface area contributed by atoms with Gasteiger partial charge in [0.2, 0.25) is 0 Å². The normalized spacial score (nSPS) is 10.2. The lowest BCUT2D eigenvalue weighted by Crippen LogP contribution is -1.97. The fraction of sp³-hybridized carbons (Fsp3) is 0.0833. The van der Waals surface area contributed by atoms with Crippen LogP contribution in [-0.4, -0.2) is 9.91 Å². The fourth-order valence-electron chi connectivity index (χ4n) is 1.55. The second-order valence-corrected chi connectivity index (χ2v) is 3.96. The lowest BCUT2D eigenvalue weighted by molar-refractivity contribution is -0.385. The molecule has 0 aliphatic heterocycles.